The Labute approximate surface area is 110 Å². The number of sulfonamides is 1. The third kappa shape index (κ3) is 3.02. The smallest absolute Gasteiger partial charge is 0.245 e. The van der Waals surface area contributed by atoms with Crippen molar-refractivity contribution in [2.75, 3.05) is 25.9 Å². The van der Waals surface area contributed by atoms with E-state index in [4.69, 9.17) is 34.0 Å². The Bertz CT molecular complexity index is 496. The molecule has 0 aliphatic rings. The quantitative estimate of drug-likeness (QED) is 0.818. The lowest BCUT2D eigenvalue weighted by atomic mass is 10.3. The number of nitrogen functional groups attached to an aromatic ring is 1. The minimum atomic E-state index is -3.83. The molecule has 0 bridgehead atoms. The summed E-state index contributed by atoms with van der Waals surface area (Å²) in [4.78, 5) is -0.203. The number of benzene rings is 1. The van der Waals surface area contributed by atoms with Gasteiger partial charge in [0.15, 0.2) is 0 Å². The fraction of sp³-hybridized carbons (Fsp3) is 0.333. The zero-order valence-corrected chi connectivity index (χ0v) is 11.3. The highest BCUT2D eigenvalue weighted by atomic mass is 35.5. The maximum absolute atomic E-state index is 12.1. The van der Waals surface area contributed by atoms with Crippen LogP contribution in [0, 0.1) is 0 Å². The highest BCUT2D eigenvalue weighted by Crippen LogP contribution is 2.33. The maximum Gasteiger partial charge on any atom is 0.245 e. The standard InChI is InChI=1S/C9H12Cl2N2O3S/c1-13(2-3-14)17(15,16)9-7(10)4-6(12)5-8(9)11/h4-5,14H,2-3,12H2,1H3. The molecule has 0 unspecified atom stereocenters. The lowest BCUT2D eigenvalue weighted by molar-refractivity contribution is 0.266. The summed E-state index contributed by atoms with van der Waals surface area (Å²) < 4.78 is 25.1. The summed E-state index contributed by atoms with van der Waals surface area (Å²) in [6.07, 6.45) is 0. The van der Waals surface area contributed by atoms with Crippen molar-refractivity contribution in [3.05, 3.63) is 22.2 Å². The molecular weight excluding hydrogens is 287 g/mol. The average molecular weight is 299 g/mol. The summed E-state index contributed by atoms with van der Waals surface area (Å²) in [5, 5.41) is 8.65. The highest BCUT2D eigenvalue weighted by molar-refractivity contribution is 7.89. The van der Waals surface area contributed by atoms with Gasteiger partial charge in [-0.25, -0.2) is 8.42 Å². The summed E-state index contributed by atoms with van der Waals surface area (Å²) in [5.74, 6) is 0. The van der Waals surface area contributed by atoms with Crippen LogP contribution in [-0.2, 0) is 10.0 Å². The lowest BCUT2D eigenvalue weighted by Crippen LogP contribution is -2.30. The third-order valence-electron chi connectivity index (χ3n) is 2.10. The van der Waals surface area contributed by atoms with Crippen molar-refractivity contribution >= 4 is 38.9 Å². The molecule has 3 N–H and O–H groups in total. The molecule has 0 saturated heterocycles. The van der Waals surface area contributed by atoms with Crippen molar-refractivity contribution in [3.8, 4) is 0 Å². The van der Waals surface area contributed by atoms with Crippen molar-refractivity contribution in [1.29, 1.82) is 0 Å². The number of halogens is 2. The Morgan fingerprint density at radius 3 is 2.24 bits per heavy atom. The molecule has 0 aliphatic heterocycles. The van der Waals surface area contributed by atoms with Crippen molar-refractivity contribution < 1.29 is 13.5 Å². The molecule has 8 heteroatoms. The van der Waals surface area contributed by atoms with Crippen LogP contribution in [0.2, 0.25) is 10.0 Å². The lowest BCUT2D eigenvalue weighted by Gasteiger charge is -2.18. The fourth-order valence-electron chi connectivity index (χ4n) is 1.24. The van der Waals surface area contributed by atoms with Crippen LogP contribution < -0.4 is 5.73 Å². The summed E-state index contributed by atoms with van der Waals surface area (Å²) in [5.41, 5.74) is 5.77. The third-order valence-corrected chi connectivity index (χ3v) is 4.88. The molecule has 96 valence electrons. The highest BCUT2D eigenvalue weighted by Gasteiger charge is 2.26. The van der Waals surface area contributed by atoms with E-state index in [0.717, 1.165) is 4.31 Å². The Balaban J connectivity index is 3.34. The SMILES string of the molecule is CN(CCO)S(=O)(=O)c1c(Cl)cc(N)cc1Cl. The molecule has 0 heterocycles. The van der Waals surface area contributed by atoms with E-state index in [1.54, 1.807) is 0 Å². The topological polar surface area (TPSA) is 83.6 Å². The minimum absolute atomic E-state index is 0.0419. The molecule has 0 radical (unpaired) electrons. The van der Waals surface area contributed by atoms with E-state index in [0.29, 0.717) is 0 Å². The number of rotatable bonds is 4. The molecule has 1 aromatic rings. The van der Waals surface area contributed by atoms with E-state index in [-0.39, 0.29) is 33.8 Å². The van der Waals surface area contributed by atoms with E-state index in [2.05, 4.69) is 0 Å². The first kappa shape index (κ1) is 14.5. The minimum Gasteiger partial charge on any atom is -0.399 e. The number of aliphatic hydroxyl groups excluding tert-OH is 1. The van der Waals surface area contributed by atoms with Gasteiger partial charge >= 0.3 is 0 Å². The normalized spacial score (nSPS) is 12.1. The van der Waals surface area contributed by atoms with Crippen LogP contribution in [-0.4, -0.2) is 38.0 Å². The summed E-state index contributed by atoms with van der Waals surface area (Å²) in [6, 6.07) is 2.63. The van der Waals surface area contributed by atoms with Gasteiger partial charge < -0.3 is 10.8 Å². The second-order valence-corrected chi connectivity index (χ2v) is 6.16. The second-order valence-electron chi connectivity index (χ2n) is 3.36. The molecule has 0 spiro atoms. The molecule has 17 heavy (non-hydrogen) atoms. The predicted molar refractivity (Wildman–Crippen MR) is 67.8 cm³/mol. The van der Waals surface area contributed by atoms with E-state index in [1.165, 1.54) is 19.2 Å². The molecule has 0 amide bonds. The average Bonchev–Trinajstić information content (AvgIpc) is 2.15. The van der Waals surface area contributed by atoms with Gasteiger partial charge in [-0.1, -0.05) is 23.2 Å². The zero-order valence-electron chi connectivity index (χ0n) is 9.02. The van der Waals surface area contributed by atoms with Crippen molar-refractivity contribution in [2.24, 2.45) is 0 Å². The Morgan fingerprint density at radius 1 is 1.35 bits per heavy atom. The number of nitrogens with two attached hydrogens (primary N) is 1. The van der Waals surface area contributed by atoms with Gasteiger partial charge in [0.05, 0.1) is 16.7 Å². The van der Waals surface area contributed by atoms with Crippen molar-refractivity contribution in [1.82, 2.24) is 4.31 Å². The first-order valence-corrected chi connectivity index (χ1v) is 6.82. The van der Waals surface area contributed by atoms with E-state index in [1.807, 2.05) is 0 Å². The predicted octanol–water partition coefficient (Wildman–Crippen LogP) is 1.19. The zero-order chi connectivity index (χ0) is 13.2. The first-order valence-electron chi connectivity index (χ1n) is 4.62. The summed E-state index contributed by atoms with van der Waals surface area (Å²) in [6.45, 7) is -0.334. The van der Waals surface area contributed by atoms with Gasteiger partial charge in [-0.15, -0.1) is 0 Å². The maximum atomic E-state index is 12.1. The van der Waals surface area contributed by atoms with Gasteiger partial charge in [-0.05, 0) is 12.1 Å². The number of anilines is 1. The molecule has 1 rings (SSSR count). The molecule has 1 aromatic carbocycles. The fourth-order valence-corrected chi connectivity index (χ4v) is 3.58. The van der Waals surface area contributed by atoms with Crippen molar-refractivity contribution in [2.45, 2.75) is 4.90 Å². The Kier molecular flexibility index (Phi) is 4.62. The van der Waals surface area contributed by atoms with E-state index in [9.17, 15) is 8.42 Å². The number of hydrogen-bond acceptors (Lipinski definition) is 4. The molecule has 0 aliphatic carbocycles. The van der Waals surface area contributed by atoms with Crippen LogP contribution in [0.4, 0.5) is 5.69 Å². The Morgan fingerprint density at radius 2 is 1.82 bits per heavy atom. The van der Waals surface area contributed by atoms with Crippen LogP contribution in [0.5, 0.6) is 0 Å². The first-order chi connectivity index (χ1) is 7.80. The second kappa shape index (κ2) is 5.41. The largest absolute Gasteiger partial charge is 0.399 e. The van der Waals surface area contributed by atoms with Crippen LogP contribution >= 0.6 is 23.2 Å². The number of aliphatic hydroxyl groups is 1. The van der Waals surface area contributed by atoms with E-state index >= 15 is 0 Å². The molecule has 0 aromatic heterocycles. The van der Waals surface area contributed by atoms with Crippen LogP contribution in [0.15, 0.2) is 17.0 Å². The van der Waals surface area contributed by atoms with Gasteiger partial charge in [0.25, 0.3) is 0 Å². The summed E-state index contributed by atoms with van der Waals surface area (Å²) in [7, 11) is -2.50. The van der Waals surface area contributed by atoms with Crippen molar-refractivity contribution in [3.63, 3.8) is 0 Å². The monoisotopic (exact) mass is 298 g/mol. The molecule has 0 saturated carbocycles. The Hall–Kier alpha value is -0.530. The van der Waals surface area contributed by atoms with Gasteiger partial charge in [0.2, 0.25) is 10.0 Å². The van der Waals surface area contributed by atoms with Gasteiger partial charge in [-0.2, -0.15) is 4.31 Å². The number of likely N-dealkylation sites (N-methyl/N-ethyl adjacent to an activating group) is 1. The summed E-state index contributed by atoms with van der Waals surface area (Å²) >= 11 is 11.7. The van der Waals surface area contributed by atoms with Crippen LogP contribution in [0.25, 0.3) is 0 Å². The number of hydrogen-bond donors (Lipinski definition) is 2. The molecule has 0 atom stereocenters. The van der Waals surface area contributed by atoms with E-state index < -0.39 is 10.0 Å². The number of nitrogens with zero attached hydrogens (tertiary/aromatic N) is 1. The van der Waals surface area contributed by atoms with Crippen LogP contribution in [0.1, 0.15) is 0 Å². The van der Waals surface area contributed by atoms with Gasteiger partial charge in [0.1, 0.15) is 4.90 Å². The van der Waals surface area contributed by atoms with Crippen LogP contribution in [0.3, 0.4) is 0 Å². The molecule has 5 nitrogen and oxygen atoms in total. The van der Waals surface area contributed by atoms with Gasteiger partial charge in [-0.3, -0.25) is 0 Å². The van der Waals surface area contributed by atoms with Gasteiger partial charge in [0, 0.05) is 19.3 Å². The molecule has 0 fully saturated rings. The molecular formula is C9H12Cl2N2O3S.